The maximum atomic E-state index is 12.8. The first-order chi connectivity index (χ1) is 15.4. The van der Waals surface area contributed by atoms with Gasteiger partial charge in [0.1, 0.15) is 5.82 Å². The van der Waals surface area contributed by atoms with Gasteiger partial charge in [-0.2, -0.15) is 0 Å². The summed E-state index contributed by atoms with van der Waals surface area (Å²) >= 11 is 0. The van der Waals surface area contributed by atoms with E-state index in [4.69, 9.17) is 4.98 Å². The summed E-state index contributed by atoms with van der Waals surface area (Å²) in [6, 6.07) is 25.2. The Bertz CT molecular complexity index is 1240. The number of ketones is 1. The number of amides is 1. The van der Waals surface area contributed by atoms with Crippen LogP contribution in [0.4, 0.5) is 0 Å². The first-order valence-corrected chi connectivity index (χ1v) is 10.8. The molecule has 0 bridgehead atoms. The molecule has 32 heavy (non-hydrogen) atoms. The Hall–Kier alpha value is -3.73. The first kappa shape index (κ1) is 21.5. The van der Waals surface area contributed by atoms with Gasteiger partial charge in [-0.05, 0) is 49.6 Å². The second-order valence-corrected chi connectivity index (χ2v) is 8.14. The van der Waals surface area contributed by atoms with Gasteiger partial charge in [-0.3, -0.25) is 9.59 Å². The summed E-state index contributed by atoms with van der Waals surface area (Å²) in [7, 11) is 0. The maximum Gasteiger partial charge on any atom is 0.224 e. The van der Waals surface area contributed by atoms with E-state index in [1.165, 1.54) is 0 Å². The van der Waals surface area contributed by atoms with Crippen molar-refractivity contribution in [1.82, 2.24) is 14.9 Å². The molecule has 1 aromatic heterocycles. The van der Waals surface area contributed by atoms with Crippen LogP contribution >= 0.6 is 0 Å². The van der Waals surface area contributed by atoms with Crippen molar-refractivity contribution in [3.05, 3.63) is 90.3 Å². The topological polar surface area (TPSA) is 64.0 Å². The van der Waals surface area contributed by atoms with E-state index in [-0.39, 0.29) is 30.2 Å². The average molecular weight is 426 g/mol. The zero-order valence-electron chi connectivity index (χ0n) is 18.6. The number of hydrogen-bond acceptors (Lipinski definition) is 3. The number of benzene rings is 3. The van der Waals surface area contributed by atoms with E-state index in [0.717, 1.165) is 27.7 Å². The van der Waals surface area contributed by atoms with Crippen LogP contribution in [0.2, 0.25) is 0 Å². The average Bonchev–Trinajstić information content (AvgIpc) is 3.19. The van der Waals surface area contributed by atoms with Crippen molar-refractivity contribution in [3.8, 4) is 11.1 Å². The van der Waals surface area contributed by atoms with Gasteiger partial charge in [-0.25, -0.2) is 4.98 Å². The van der Waals surface area contributed by atoms with Crippen molar-refractivity contribution < 1.29 is 9.59 Å². The van der Waals surface area contributed by atoms with Crippen molar-refractivity contribution in [2.75, 3.05) is 0 Å². The van der Waals surface area contributed by atoms with E-state index in [9.17, 15) is 9.59 Å². The monoisotopic (exact) mass is 425 g/mol. The predicted molar refractivity (Wildman–Crippen MR) is 127 cm³/mol. The van der Waals surface area contributed by atoms with E-state index < -0.39 is 0 Å². The molecule has 5 nitrogen and oxygen atoms in total. The van der Waals surface area contributed by atoms with Crippen LogP contribution in [0.5, 0.6) is 0 Å². The van der Waals surface area contributed by atoms with Gasteiger partial charge < -0.3 is 9.88 Å². The van der Waals surface area contributed by atoms with Gasteiger partial charge in [0.05, 0.1) is 29.5 Å². The molecular weight excluding hydrogens is 398 g/mol. The van der Waals surface area contributed by atoms with Crippen molar-refractivity contribution in [2.24, 2.45) is 0 Å². The molecule has 1 heterocycles. The van der Waals surface area contributed by atoms with Crippen molar-refractivity contribution >= 4 is 22.7 Å². The Labute approximate surface area is 188 Å². The number of Topliss-reactive ketones (excluding diaryl/α,β-unsaturated/α-hetero) is 1. The van der Waals surface area contributed by atoms with Gasteiger partial charge in [-0.1, -0.05) is 66.7 Å². The van der Waals surface area contributed by atoms with Crippen molar-refractivity contribution in [3.63, 3.8) is 0 Å². The number of carbonyl (C=O) groups excluding carboxylic acids is 2. The highest BCUT2D eigenvalue weighted by atomic mass is 16.1. The minimum atomic E-state index is -0.359. The van der Waals surface area contributed by atoms with E-state index >= 15 is 0 Å². The van der Waals surface area contributed by atoms with E-state index in [0.29, 0.717) is 5.82 Å². The molecule has 1 amide bonds. The number of nitrogens with zero attached hydrogens (tertiary/aromatic N) is 2. The number of hydrogen-bond donors (Lipinski definition) is 1. The zero-order valence-corrected chi connectivity index (χ0v) is 18.6. The number of rotatable bonds is 7. The number of aromatic nitrogens is 2. The van der Waals surface area contributed by atoms with Gasteiger partial charge in [0.25, 0.3) is 0 Å². The highest BCUT2D eigenvalue weighted by molar-refractivity contribution is 5.84. The molecule has 0 aliphatic rings. The summed E-state index contributed by atoms with van der Waals surface area (Å²) in [6.07, 6.45) is 0.280. The molecule has 2 atom stereocenters. The first-order valence-electron chi connectivity index (χ1n) is 10.8. The van der Waals surface area contributed by atoms with Crippen LogP contribution in [-0.2, 0) is 16.0 Å². The van der Waals surface area contributed by atoms with Gasteiger partial charge in [0.2, 0.25) is 5.91 Å². The summed E-state index contributed by atoms with van der Waals surface area (Å²) in [4.78, 5) is 29.6. The van der Waals surface area contributed by atoms with Gasteiger partial charge in [-0.15, -0.1) is 0 Å². The van der Waals surface area contributed by atoms with Crippen LogP contribution in [0, 0.1) is 0 Å². The van der Waals surface area contributed by atoms with Crippen molar-refractivity contribution in [2.45, 2.75) is 39.3 Å². The predicted octanol–water partition coefficient (Wildman–Crippen LogP) is 5.27. The molecule has 1 N–H and O–H groups in total. The molecule has 0 spiro atoms. The van der Waals surface area contributed by atoms with E-state index in [1.54, 1.807) is 6.92 Å². The molecular formula is C27H27N3O2. The Morgan fingerprint density at radius 3 is 2.19 bits per heavy atom. The minimum Gasteiger partial charge on any atom is -0.346 e. The molecule has 0 saturated heterocycles. The van der Waals surface area contributed by atoms with Crippen LogP contribution in [0.15, 0.2) is 78.9 Å². The van der Waals surface area contributed by atoms with E-state index in [2.05, 4.69) is 17.4 Å². The fraction of sp³-hybridized carbons (Fsp3) is 0.222. The molecule has 0 fully saturated rings. The summed E-state index contributed by atoms with van der Waals surface area (Å²) < 4.78 is 1.93. The minimum absolute atomic E-state index is 0.0476. The Balaban J connectivity index is 1.50. The number of fused-ring (bicyclic) bond motifs is 1. The molecule has 4 aromatic rings. The Morgan fingerprint density at radius 2 is 1.50 bits per heavy atom. The van der Waals surface area contributed by atoms with Crippen LogP contribution in [-0.4, -0.2) is 21.2 Å². The number of carbonyl (C=O) groups is 2. The smallest absolute Gasteiger partial charge is 0.224 e. The fourth-order valence-electron chi connectivity index (χ4n) is 3.95. The lowest BCUT2D eigenvalue weighted by Gasteiger charge is -2.19. The largest absolute Gasteiger partial charge is 0.346 e. The second kappa shape index (κ2) is 9.18. The van der Waals surface area contributed by atoms with Gasteiger partial charge >= 0.3 is 0 Å². The lowest BCUT2D eigenvalue weighted by Crippen LogP contribution is -2.31. The molecule has 3 aromatic carbocycles. The Morgan fingerprint density at radius 1 is 0.875 bits per heavy atom. The third-order valence-electron chi connectivity index (χ3n) is 5.79. The molecule has 2 unspecified atom stereocenters. The third-order valence-corrected chi connectivity index (χ3v) is 5.79. The van der Waals surface area contributed by atoms with E-state index in [1.807, 2.05) is 85.1 Å². The molecule has 162 valence electrons. The van der Waals surface area contributed by atoms with Crippen molar-refractivity contribution in [1.29, 1.82) is 0 Å². The molecule has 5 heteroatoms. The lowest BCUT2D eigenvalue weighted by atomic mass is 10.0. The molecule has 4 rings (SSSR count). The highest BCUT2D eigenvalue weighted by Gasteiger charge is 2.23. The third kappa shape index (κ3) is 4.47. The van der Waals surface area contributed by atoms with Crippen LogP contribution in [0.1, 0.15) is 44.2 Å². The summed E-state index contributed by atoms with van der Waals surface area (Å²) in [5.41, 5.74) is 4.92. The van der Waals surface area contributed by atoms with Crippen LogP contribution in [0.25, 0.3) is 22.2 Å². The molecule has 0 aliphatic heterocycles. The quantitative estimate of drug-likeness (QED) is 0.438. The van der Waals surface area contributed by atoms with Crippen LogP contribution < -0.4 is 5.32 Å². The lowest BCUT2D eigenvalue weighted by molar-refractivity contribution is -0.121. The molecule has 0 aliphatic carbocycles. The standard InChI is InChI=1S/C27H27N3O2/c1-18(27-29-24-11-7-8-12-25(24)30(27)19(2)20(3)31)28-26(32)17-21-13-15-23(16-14-21)22-9-5-4-6-10-22/h4-16,18-19H,17H2,1-3H3,(H,28,32). The Kier molecular flexibility index (Phi) is 6.17. The number of nitrogens with one attached hydrogen (secondary N) is 1. The summed E-state index contributed by atoms with van der Waals surface area (Å²) in [6.45, 7) is 5.34. The summed E-state index contributed by atoms with van der Waals surface area (Å²) in [5, 5.41) is 3.05. The zero-order chi connectivity index (χ0) is 22.7. The normalized spacial score (nSPS) is 13.0. The summed E-state index contributed by atoms with van der Waals surface area (Å²) in [5.74, 6) is 0.646. The number of imidazole rings is 1. The SMILES string of the molecule is CC(=O)C(C)n1c(C(C)NC(=O)Cc2ccc(-c3ccccc3)cc2)nc2ccccc21. The maximum absolute atomic E-state index is 12.8. The highest BCUT2D eigenvalue weighted by Crippen LogP contribution is 2.26. The number of para-hydroxylation sites is 2. The molecule has 0 saturated carbocycles. The fourth-order valence-corrected chi connectivity index (χ4v) is 3.95. The second-order valence-electron chi connectivity index (χ2n) is 8.14. The van der Waals surface area contributed by atoms with Gasteiger partial charge in [0.15, 0.2) is 5.78 Å². The molecule has 0 radical (unpaired) electrons. The van der Waals surface area contributed by atoms with Gasteiger partial charge in [0, 0.05) is 0 Å². The van der Waals surface area contributed by atoms with Crippen LogP contribution in [0.3, 0.4) is 0 Å².